The highest BCUT2D eigenvalue weighted by atomic mass is 16.5. The van der Waals surface area contributed by atoms with Gasteiger partial charge in [0.15, 0.2) is 0 Å². The monoisotopic (exact) mass is 348 g/mol. The molecule has 0 aliphatic rings. The zero-order valence-corrected chi connectivity index (χ0v) is 16.9. The molecule has 25 heavy (non-hydrogen) atoms. The molecule has 144 valence electrons. The fraction of sp³-hybridized carbons (Fsp3) is 0.739. The van der Waals surface area contributed by atoms with Crippen molar-refractivity contribution in [1.29, 1.82) is 0 Å². The Bertz CT molecular complexity index is 394. The van der Waals surface area contributed by atoms with Crippen molar-refractivity contribution in [2.45, 2.75) is 97.8 Å². The summed E-state index contributed by atoms with van der Waals surface area (Å²) in [6, 6.07) is 6.27. The molecule has 0 N–H and O–H groups in total. The second-order valence-corrected chi connectivity index (χ2v) is 7.01. The molecule has 0 aromatic heterocycles. The Kier molecular flexibility index (Phi) is 13.2. The highest BCUT2D eigenvalue weighted by molar-refractivity contribution is 5.45. The molecule has 1 rings (SSSR count). The molecule has 2 nitrogen and oxygen atoms in total. The van der Waals surface area contributed by atoms with E-state index in [4.69, 9.17) is 9.47 Å². The van der Waals surface area contributed by atoms with Crippen LogP contribution in [0.4, 0.5) is 0 Å². The van der Waals surface area contributed by atoms with Crippen molar-refractivity contribution in [2.24, 2.45) is 0 Å². The van der Waals surface area contributed by atoms with Gasteiger partial charge < -0.3 is 9.47 Å². The minimum absolute atomic E-state index is 0.820. The Morgan fingerprint density at radius 3 is 1.52 bits per heavy atom. The van der Waals surface area contributed by atoms with E-state index in [1.54, 1.807) is 0 Å². The van der Waals surface area contributed by atoms with E-state index in [9.17, 15) is 0 Å². The number of benzene rings is 1. The van der Waals surface area contributed by atoms with Crippen LogP contribution in [0.5, 0.6) is 11.5 Å². The molecule has 2 heteroatoms. The second-order valence-electron chi connectivity index (χ2n) is 7.01. The van der Waals surface area contributed by atoms with Gasteiger partial charge in [0.1, 0.15) is 11.5 Å². The normalized spacial score (nSPS) is 10.8. The minimum Gasteiger partial charge on any atom is -0.493 e. The number of rotatable bonds is 16. The maximum absolute atomic E-state index is 6.09. The molecule has 0 aliphatic heterocycles. The Labute approximate surface area is 156 Å². The summed E-state index contributed by atoms with van der Waals surface area (Å²) in [6.07, 6.45) is 14.9. The molecule has 0 aliphatic carbocycles. The van der Waals surface area contributed by atoms with Gasteiger partial charge in [0, 0.05) is 5.56 Å². The average Bonchev–Trinajstić information content (AvgIpc) is 2.63. The van der Waals surface area contributed by atoms with Crippen LogP contribution in [-0.4, -0.2) is 13.2 Å². The van der Waals surface area contributed by atoms with Crippen molar-refractivity contribution in [1.82, 2.24) is 0 Å². The predicted octanol–water partition coefficient (Wildman–Crippen LogP) is 7.34. The van der Waals surface area contributed by atoms with Crippen LogP contribution in [0.15, 0.2) is 18.2 Å². The summed E-state index contributed by atoms with van der Waals surface area (Å²) in [7, 11) is 0. The lowest BCUT2D eigenvalue weighted by atomic mass is 10.1. The van der Waals surface area contributed by atoms with Crippen LogP contribution in [0.2, 0.25) is 0 Å². The van der Waals surface area contributed by atoms with Gasteiger partial charge in [0.2, 0.25) is 0 Å². The quantitative estimate of drug-likeness (QED) is 0.291. The van der Waals surface area contributed by atoms with E-state index in [-0.39, 0.29) is 0 Å². The molecule has 0 amide bonds. The lowest BCUT2D eigenvalue weighted by molar-refractivity contribution is 0.284. The summed E-state index contributed by atoms with van der Waals surface area (Å²) >= 11 is 0. The number of hydrogen-bond donors (Lipinski definition) is 0. The first kappa shape index (κ1) is 21.9. The van der Waals surface area contributed by atoms with Gasteiger partial charge in [0.05, 0.1) is 13.2 Å². The standard InChI is InChI=1S/C23H40O2/c1-4-7-9-11-13-19-24-22-17-15-18-23(21(22)16-6-3)25-20-14-12-10-8-5-2/h15,17-18H,4-14,16,19-20H2,1-3H3. The van der Waals surface area contributed by atoms with Crippen LogP contribution in [0.3, 0.4) is 0 Å². The molecular formula is C23H40O2. The van der Waals surface area contributed by atoms with Crippen LogP contribution in [-0.2, 0) is 6.42 Å². The highest BCUT2D eigenvalue weighted by Gasteiger charge is 2.10. The maximum Gasteiger partial charge on any atom is 0.126 e. The van der Waals surface area contributed by atoms with Gasteiger partial charge in [-0.2, -0.15) is 0 Å². The number of ether oxygens (including phenoxy) is 2. The fourth-order valence-corrected chi connectivity index (χ4v) is 3.09. The van der Waals surface area contributed by atoms with Crippen LogP contribution < -0.4 is 9.47 Å². The first-order valence-electron chi connectivity index (χ1n) is 10.7. The third-order valence-corrected chi connectivity index (χ3v) is 4.60. The summed E-state index contributed by atoms with van der Waals surface area (Å²) in [4.78, 5) is 0. The molecular weight excluding hydrogens is 308 g/mol. The molecule has 1 aromatic carbocycles. The first-order chi connectivity index (χ1) is 12.3. The molecule has 0 unspecified atom stereocenters. The molecule has 0 spiro atoms. The molecule has 0 atom stereocenters. The third kappa shape index (κ3) is 9.77. The number of hydrogen-bond acceptors (Lipinski definition) is 2. The van der Waals surface area contributed by atoms with Gasteiger partial charge in [-0.3, -0.25) is 0 Å². The van der Waals surface area contributed by atoms with Gasteiger partial charge in [-0.25, -0.2) is 0 Å². The summed E-state index contributed by atoms with van der Waals surface area (Å²) < 4.78 is 12.2. The minimum atomic E-state index is 0.820. The molecule has 0 radical (unpaired) electrons. The maximum atomic E-state index is 6.09. The Morgan fingerprint density at radius 1 is 0.600 bits per heavy atom. The molecule has 1 aromatic rings. The van der Waals surface area contributed by atoms with Crippen LogP contribution in [0.1, 0.15) is 97.0 Å². The van der Waals surface area contributed by atoms with E-state index in [1.165, 1.54) is 56.9 Å². The smallest absolute Gasteiger partial charge is 0.126 e. The Balaban J connectivity index is 2.45. The summed E-state index contributed by atoms with van der Waals surface area (Å²) in [6.45, 7) is 8.36. The second kappa shape index (κ2) is 15.1. The van der Waals surface area contributed by atoms with Crippen LogP contribution >= 0.6 is 0 Å². The van der Waals surface area contributed by atoms with Gasteiger partial charge in [-0.15, -0.1) is 0 Å². The average molecular weight is 349 g/mol. The van der Waals surface area contributed by atoms with Crippen molar-refractivity contribution in [3.05, 3.63) is 23.8 Å². The SMILES string of the molecule is CCCCCCCOc1cccc(OCCCCCCC)c1CCC. The summed E-state index contributed by atoms with van der Waals surface area (Å²) in [5.74, 6) is 2.06. The largest absolute Gasteiger partial charge is 0.493 e. The van der Waals surface area contributed by atoms with Gasteiger partial charge >= 0.3 is 0 Å². The van der Waals surface area contributed by atoms with Crippen molar-refractivity contribution in [3.63, 3.8) is 0 Å². The van der Waals surface area contributed by atoms with Crippen LogP contribution in [0, 0.1) is 0 Å². The van der Waals surface area contributed by atoms with E-state index in [1.807, 2.05) is 0 Å². The Morgan fingerprint density at radius 2 is 1.08 bits per heavy atom. The zero-order valence-electron chi connectivity index (χ0n) is 16.9. The highest BCUT2D eigenvalue weighted by Crippen LogP contribution is 2.30. The van der Waals surface area contributed by atoms with Crippen molar-refractivity contribution in [3.8, 4) is 11.5 Å². The lowest BCUT2D eigenvalue weighted by Crippen LogP contribution is -2.04. The number of unbranched alkanes of at least 4 members (excludes halogenated alkanes) is 8. The lowest BCUT2D eigenvalue weighted by Gasteiger charge is -2.16. The topological polar surface area (TPSA) is 18.5 Å². The molecule has 0 heterocycles. The van der Waals surface area contributed by atoms with E-state index in [2.05, 4.69) is 39.0 Å². The summed E-state index contributed by atoms with van der Waals surface area (Å²) in [5, 5.41) is 0. The van der Waals surface area contributed by atoms with Gasteiger partial charge in [-0.05, 0) is 31.4 Å². The third-order valence-electron chi connectivity index (χ3n) is 4.60. The fourth-order valence-electron chi connectivity index (χ4n) is 3.09. The van der Waals surface area contributed by atoms with Crippen molar-refractivity contribution >= 4 is 0 Å². The van der Waals surface area contributed by atoms with Crippen LogP contribution in [0.25, 0.3) is 0 Å². The van der Waals surface area contributed by atoms with E-state index < -0.39 is 0 Å². The van der Waals surface area contributed by atoms with Gasteiger partial charge in [-0.1, -0.05) is 84.6 Å². The van der Waals surface area contributed by atoms with E-state index in [0.29, 0.717) is 0 Å². The molecule has 0 saturated heterocycles. The van der Waals surface area contributed by atoms with E-state index in [0.717, 1.165) is 50.4 Å². The van der Waals surface area contributed by atoms with E-state index >= 15 is 0 Å². The zero-order chi connectivity index (χ0) is 18.2. The molecule has 0 fully saturated rings. The van der Waals surface area contributed by atoms with Gasteiger partial charge in [0.25, 0.3) is 0 Å². The molecule has 0 bridgehead atoms. The summed E-state index contributed by atoms with van der Waals surface area (Å²) in [5.41, 5.74) is 1.26. The Hall–Kier alpha value is -1.18. The van der Waals surface area contributed by atoms with Crippen molar-refractivity contribution < 1.29 is 9.47 Å². The predicted molar refractivity (Wildman–Crippen MR) is 109 cm³/mol. The first-order valence-corrected chi connectivity index (χ1v) is 10.7. The van der Waals surface area contributed by atoms with Crippen molar-refractivity contribution in [2.75, 3.05) is 13.2 Å². The molecule has 0 saturated carbocycles.